The minimum absolute atomic E-state index is 0.0384. The second-order valence-corrected chi connectivity index (χ2v) is 8.51. The minimum Gasteiger partial charge on any atom is -0.323 e. The molecule has 0 radical (unpaired) electrons. The molecule has 29 heavy (non-hydrogen) atoms. The molecule has 0 spiro atoms. The standard InChI is InChI=1S/C24H25F3N2/c1-5-16-11-19(25)22(20(26)12-16)23-18-13-28-9-7-6-8-21(28)17(18)10-15(2)29(23)14-24(3,4)27/h5-9,11-13,15,23H,1,10,14H2,2-4H3. The van der Waals surface area contributed by atoms with Gasteiger partial charge in [-0.25, -0.2) is 13.2 Å². The molecule has 2 atom stereocenters. The van der Waals surface area contributed by atoms with Gasteiger partial charge in [0.05, 0.1) is 6.04 Å². The molecule has 1 aliphatic rings. The zero-order valence-corrected chi connectivity index (χ0v) is 16.9. The molecule has 2 nitrogen and oxygen atoms in total. The van der Waals surface area contributed by atoms with E-state index in [1.807, 2.05) is 46.8 Å². The van der Waals surface area contributed by atoms with Crippen LogP contribution >= 0.6 is 0 Å². The molecule has 3 heterocycles. The third-order valence-corrected chi connectivity index (χ3v) is 5.69. The van der Waals surface area contributed by atoms with Gasteiger partial charge < -0.3 is 4.40 Å². The smallest absolute Gasteiger partial charge is 0.131 e. The Balaban J connectivity index is 1.97. The number of hydrogen-bond donors (Lipinski definition) is 0. The molecule has 1 aliphatic heterocycles. The van der Waals surface area contributed by atoms with Crippen molar-refractivity contribution in [2.24, 2.45) is 0 Å². The number of fused-ring (bicyclic) bond motifs is 3. The lowest BCUT2D eigenvalue weighted by molar-refractivity contribution is 0.0657. The van der Waals surface area contributed by atoms with Crippen molar-refractivity contribution in [1.82, 2.24) is 9.30 Å². The van der Waals surface area contributed by atoms with E-state index in [4.69, 9.17) is 0 Å². The third kappa shape index (κ3) is 3.48. The molecular weight excluding hydrogens is 373 g/mol. The predicted octanol–water partition coefficient (Wildman–Crippen LogP) is 5.94. The third-order valence-electron chi connectivity index (χ3n) is 5.69. The van der Waals surface area contributed by atoms with Crippen molar-refractivity contribution in [3.8, 4) is 0 Å². The highest BCUT2D eigenvalue weighted by Crippen LogP contribution is 2.43. The van der Waals surface area contributed by atoms with Crippen LogP contribution in [0.1, 0.15) is 49.1 Å². The van der Waals surface area contributed by atoms with Crippen molar-refractivity contribution in [1.29, 1.82) is 0 Å². The maximum Gasteiger partial charge on any atom is 0.131 e. The maximum absolute atomic E-state index is 15.2. The fourth-order valence-corrected chi connectivity index (χ4v) is 4.49. The summed E-state index contributed by atoms with van der Waals surface area (Å²) in [6, 6.07) is 7.67. The van der Waals surface area contributed by atoms with Crippen LogP contribution in [-0.2, 0) is 6.42 Å². The number of alkyl halides is 1. The van der Waals surface area contributed by atoms with Crippen LogP contribution in [0.4, 0.5) is 13.2 Å². The van der Waals surface area contributed by atoms with Gasteiger partial charge >= 0.3 is 0 Å². The van der Waals surface area contributed by atoms with E-state index in [0.717, 1.165) is 16.6 Å². The molecule has 3 aromatic rings. The topological polar surface area (TPSA) is 7.65 Å². The Morgan fingerprint density at radius 2 is 1.90 bits per heavy atom. The Morgan fingerprint density at radius 3 is 2.52 bits per heavy atom. The van der Waals surface area contributed by atoms with Crippen molar-refractivity contribution < 1.29 is 13.2 Å². The van der Waals surface area contributed by atoms with E-state index in [-0.39, 0.29) is 18.2 Å². The lowest BCUT2D eigenvalue weighted by atomic mass is 9.85. The normalized spacial score (nSPS) is 20.1. The molecule has 152 valence electrons. The number of aromatic nitrogens is 1. The molecule has 0 saturated carbocycles. The molecular formula is C24H25F3N2. The van der Waals surface area contributed by atoms with Crippen molar-refractivity contribution in [3.63, 3.8) is 0 Å². The van der Waals surface area contributed by atoms with Gasteiger partial charge in [0.25, 0.3) is 0 Å². The largest absolute Gasteiger partial charge is 0.323 e. The molecule has 0 bridgehead atoms. The highest BCUT2D eigenvalue weighted by molar-refractivity contribution is 5.63. The van der Waals surface area contributed by atoms with Crippen LogP contribution in [0.3, 0.4) is 0 Å². The maximum atomic E-state index is 15.2. The van der Waals surface area contributed by atoms with Gasteiger partial charge in [-0.1, -0.05) is 18.7 Å². The van der Waals surface area contributed by atoms with E-state index in [1.165, 1.54) is 32.1 Å². The fourth-order valence-electron chi connectivity index (χ4n) is 4.49. The molecule has 0 fully saturated rings. The van der Waals surface area contributed by atoms with Gasteiger partial charge in [0.15, 0.2) is 0 Å². The average Bonchev–Trinajstić information content (AvgIpc) is 3.00. The first-order valence-electron chi connectivity index (χ1n) is 9.84. The van der Waals surface area contributed by atoms with E-state index >= 15 is 8.78 Å². The molecule has 0 N–H and O–H groups in total. The van der Waals surface area contributed by atoms with Crippen molar-refractivity contribution in [3.05, 3.63) is 83.2 Å². The summed E-state index contributed by atoms with van der Waals surface area (Å²) in [5.41, 5.74) is 1.74. The Labute approximate surface area is 169 Å². The second kappa shape index (κ2) is 7.06. The van der Waals surface area contributed by atoms with Crippen LogP contribution < -0.4 is 0 Å². The van der Waals surface area contributed by atoms with Gasteiger partial charge in [-0.05, 0) is 68.1 Å². The van der Waals surface area contributed by atoms with Crippen LogP contribution in [0.2, 0.25) is 0 Å². The summed E-state index contributed by atoms with van der Waals surface area (Å²) in [4.78, 5) is 1.89. The zero-order chi connectivity index (χ0) is 20.9. The summed E-state index contributed by atoms with van der Waals surface area (Å²) in [5, 5.41) is 0. The molecule has 4 rings (SSSR count). The Morgan fingerprint density at radius 1 is 1.21 bits per heavy atom. The Bertz CT molecular complexity index is 1050. The van der Waals surface area contributed by atoms with Gasteiger partial charge in [-0.15, -0.1) is 0 Å². The minimum atomic E-state index is -1.50. The van der Waals surface area contributed by atoms with Crippen molar-refractivity contribution in [2.75, 3.05) is 6.54 Å². The number of nitrogens with zero attached hydrogens (tertiary/aromatic N) is 2. The number of hydrogen-bond acceptors (Lipinski definition) is 1. The Kier molecular flexibility index (Phi) is 4.82. The van der Waals surface area contributed by atoms with Crippen LogP contribution in [0.25, 0.3) is 11.6 Å². The number of halogens is 3. The summed E-state index contributed by atoms with van der Waals surface area (Å²) in [6.07, 6.45) is 5.95. The van der Waals surface area contributed by atoms with Gasteiger partial charge in [0.1, 0.15) is 17.3 Å². The lowest BCUT2D eigenvalue weighted by Crippen LogP contribution is -2.48. The summed E-state index contributed by atoms with van der Waals surface area (Å²) >= 11 is 0. The van der Waals surface area contributed by atoms with Crippen LogP contribution in [-0.4, -0.2) is 27.6 Å². The molecule has 5 heteroatoms. The first-order chi connectivity index (χ1) is 13.7. The first-order valence-corrected chi connectivity index (χ1v) is 9.84. The summed E-state index contributed by atoms with van der Waals surface area (Å²) in [6.45, 7) is 8.66. The van der Waals surface area contributed by atoms with E-state index in [0.29, 0.717) is 12.0 Å². The van der Waals surface area contributed by atoms with Crippen LogP contribution in [0.5, 0.6) is 0 Å². The summed E-state index contributed by atoms with van der Waals surface area (Å²) in [5.74, 6) is -1.27. The molecule has 0 amide bonds. The van der Waals surface area contributed by atoms with Crippen molar-refractivity contribution >= 4 is 11.6 Å². The summed E-state index contributed by atoms with van der Waals surface area (Å²) < 4.78 is 47.0. The van der Waals surface area contributed by atoms with Crippen LogP contribution in [0.15, 0.2) is 49.3 Å². The second-order valence-electron chi connectivity index (χ2n) is 8.51. The van der Waals surface area contributed by atoms with Crippen molar-refractivity contribution in [2.45, 2.75) is 44.9 Å². The molecule has 0 aliphatic carbocycles. The van der Waals surface area contributed by atoms with Gasteiger partial charge in [-0.3, -0.25) is 4.90 Å². The molecule has 1 aromatic carbocycles. The predicted molar refractivity (Wildman–Crippen MR) is 111 cm³/mol. The number of benzene rings is 1. The summed E-state index contributed by atoms with van der Waals surface area (Å²) in [7, 11) is 0. The average molecular weight is 398 g/mol. The SMILES string of the molecule is C=Cc1cc(F)c(C2c3cn4ccccc4c3CC(C)N2CC(C)(C)F)c(F)c1. The Hall–Kier alpha value is -2.53. The molecule has 2 aromatic heterocycles. The fraction of sp³-hybridized carbons (Fsp3) is 0.333. The highest BCUT2D eigenvalue weighted by atomic mass is 19.1. The van der Waals surface area contributed by atoms with E-state index < -0.39 is 23.3 Å². The number of rotatable bonds is 4. The van der Waals surface area contributed by atoms with E-state index in [9.17, 15) is 4.39 Å². The molecule has 0 saturated heterocycles. The monoisotopic (exact) mass is 398 g/mol. The van der Waals surface area contributed by atoms with E-state index in [1.54, 1.807) is 0 Å². The van der Waals surface area contributed by atoms with Gasteiger partial charge in [0.2, 0.25) is 0 Å². The first kappa shape index (κ1) is 19.8. The van der Waals surface area contributed by atoms with E-state index in [2.05, 4.69) is 6.58 Å². The lowest BCUT2D eigenvalue weighted by Gasteiger charge is -2.43. The highest BCUT2D eigenvalue weighted by Gasteiger charge is 2.40. The number of pyridine rings is 1. The van der Waals surface area contributed by atoms with Gasteiger partial charge in [-0.2, -0.15) is 0 Å². The quantitative estimate of drug-likeness (QED) is 0.527. The van der Waals surface area contributed by atoms with Crippen LogP contribution in [0, 0.1) is 11.6 Å². The molecule has 2 unspecified atom stereocenters. The van der Waals surface area contributed by atoms with Gasteiger partial charge in [0, 0.05) is 36.1 Å². The zero-order valence-electron chi connectivity index (χ0n) is 16.9.